The smallest absolute Gasteiger partial charge is 0.0726 e. The van der Waals surface area contributed by atoms with Gasteiger partial charge in [-0.2, -0.15) is 0 Å². The summed E-state index contributed by atoms with van der Waals surface area (Å²) >= 11 is 22.5. The van der Waals surface area contributed by atoms with E-state index in [0.29, 0.717) is 0 Å². The van der Waals surface area contributed by atoms with E-state index >= 15 is 0 Å². The standard InChI is InChI=1S/C45H54Br2.C30H27Br2N.C29H40Br2/c1-7-11-13-15-25-43(5,9-3)31-17-21-35-36-22-18-32(44(6,10-4)26-16-14-12-8-2)28-40(36)45(39(35)27-31)41-29-33(46)19-23-37(41)38-24-20-34(47)30-42(38)45;1-30(2,3)24-10-18-28(19-11-24)33(29-20-14-26(32)15-21-29)27-16-8-23(9-17-27)5-4-22-6-12-25(31)13-7-22;1-3-5-7-9-11-13-19-29(20-14-12-10-8-6-4-2)27-21-23(30)15-17-25(27)26-18-16-24(31)22-28(26)29/h17-24,27-30H,7-16,25-26H2,1-6H3;4-21H,1-3H3;15-18,21-22H,3-14,19-20H2,1-2H3/b;5-4+;. The van der Waals surface area contributed by atoms with Gasteiger partial charge in [0.15, 0.2) is 0 Å². The third kappa shape index (κ3) is 20.2. The van der Waals surface area contributed by atoms with Crippen LogP contribution >= 0.6 is 95.6 Å². The Balaban J connectivity index is 0.000000170. The number of benzene rings is 10. The lowest BCUT2D eigenvalue weighted by Crippen LogP contribution is -2.28. The van der Waals surface area contributed by atoms with Crippen LogP contribution < -0.4 is 4.90 Å². The molecule has 7 heteroatoms. The summed E-state index contributed by atoms with van der Waals surface area (Å²) in [5, 5.41) is 0. The van der Waals surface area contributed by atoms with Gasteiger partial charge in [0.1, 0.15) is 0 Å². The molecule has 1 nitrogen and oxygen atoms in total. The lowest BCUT2D eigenvalue weighted by atomic mass is 9.67. The number of fused-ring (bicyclic) bond motifs is 13. The van der Waals surface area contributed by atoms with E-state index in [1.807, 2.05) is 0 Å². The van der Waals surface area contributed by atoms with E-state index in [-0.39, 0.29) is 27.1 Å². The van der Waals surface area contributed by atoms with Gasteiger partial charge in [0.2, 0.25) is 0 Å². The minimum Gasteiger partial charge on any atom is -0.311 e. The molecule has 2 unspecified atom stereocenters. The third-order valence-corrected chi connectivity index (χ3v) is 28.1. The molecule has 0 radical (unpaired) electrons. The zero-order valence-electron chi connectivity index (χ0n) is 68.4. The number of nitrogens with zero attached hydrogens (tertiary/aromatic N) is 1. The predicted octanol–water partition coefficient (Wildman–Crippen LogP) is 36.0. The van der Waals surface area contributed by atoms with Crippen molar-refractivity contribution >= 4 is 125 Å². The van der Waals surface area contributed by atoms with E-state index < -0.39 is 0 Å². The van der Waals surface area contributed by atoms with Crippen molar-refractivity contribution in [1.29, 1.82) is 0 Å². The minimum absolute atomic E-state index is 0.129. The highest BCUT2D eigenvalue weighted by molar-refractivity contribution is 9.11. The van der Waals surface area contributed by atoms with E-state index in [0.717, 1.165) is 47.8 Å². The van der Waals surface area contributed by atoms with Crippen LogP contribution in [0.25, 0.3) is 45.5 Å². The van der Waals surface area contributed by atoms with Gasteiger partial charge in [-0.1, -0.05) is 409 Å². The van der Waals surface area contributed by atoms with Crippen LogP contribution in [-0.4, -0.2) is 0 Å². The zero-order chi connectivity index (χ0) is 78.9. The Labute approximate surface area is 720 Å². The highest BCUT2D eigenvalue weighted by atomic mass is 79.9. The highest BCUT2D eigenvalue weighted by Gasteiger charge is 2.53. The Hall–Kier alpha value is -5.38. The fourth-order valence-corrected chi connectivity index (χ4v) is 20.0. The molecular weight excluding hydrogens is 1740 g/mol. The van der Waals surface area contributed by atoms with Crippen LogP contribution in [0.5, 0.6) is 0 Å². The molecule has 0 aliphatic heterocycles. The van der Waals surface area contributed by atoms with E-state index in [1.54, 1.807) is 11.1 Å². The maximum Gasteiger partial charge on any atom is 0.0726 e. The second-order valence-corrected chi connectivity index (χ2v) is 39.2. The SMILES string of the molecule is CC(C)(C)c1ccc(N(c2ccc(Br)cc2)c2ccc(/C=C/c3ccc(Br)cc3)cc2)cc1.CCCCCCC(C)(CC)c1ccc2c(c1)C1(c3cc(Br)ccc3-c3ccc(Br)cc31)c1cc(C(C)(CC)CCCCCC)ccc1-2.CCCCCCCCC1(CCCCCCCC)c2cc(Br)ccc2-c2ccc(Br)cc21. The maximum absolute atomic E-state index is 3.92. The fourth-order valence-electron chi connectivity index (χ4n) is 18.0. The zero-order valence-corrected chi connectivity index (χ0v) is 77.9. The Morgan fingerprint density at radius 2 is 0.550 bits per heavy atom. The van der Waals surface area contributed by atoms with Gasteiger partial charge >= 0.3 is 0 Å². The van der Waals surface area contributed by atoms with E-state index in [4.69, 9.17) is 0 Å². The average molecular weight is 1860 g/mol. The van der Waals surface area contributed by atoms with Gasteiger partial charge < -0.3 is 4.90 Å². The molecule has 1 spiro atoms. The van der Waals surface area contributed by atoms with Crippen LogP contribution in [-0.2, 0) is 27.1 Å². The van der Waals surface area contributed by atoms with Crippen LogP contribution in [0.15, 0.2) is 233 Å². The van der Waals surface area contributed by atoms with Crippen LogP contribution in [0.4, 0.5) is 17.1 Å². The third-order valence-electron chi connectivity index (χ3n) is 25.1. The number of hydrogen-bond acceptors (Lipinski definition) is 1. The number of anilines is 3. The summed E-state index contributed by atoms with van der Waals surface area (Å²) in [5.41, 5.74) is 27.7. The van der Waals surface area contributed by atoms with Gasteiger partial charge in [0.25, 0.3) is 0 Å². The van der Waals surface area contributed by atoms with Crippen molar-refractivity contribution in [3.05, 3.63) is 294 Å². The number of rotatable bonds is 33. The summed E-state index contributed by atoms with van der Waals surface area (Å²) in [4.78, 5) is 2.29. The summed E-state index contributed by atoms with van der Waals surface area (Å²) in [6.07, 6.45) is 38.5. The molecule has 111 heavy (non-hydrogen) atoms. The summed E-state index contributed by atoms with van der Waals surface area (Å²) in [7, 11) is 0. The molecule has 0 saturated heterocycles. The molecule has 584 valence electrons. The molecule has 0 bridgehead atoms. The molecule has 2 atom stereocenters. The Morgan fingerprint density at radius 1 is 0.279 bits per heavy atom. The van der Waals surface area contributed by atoms with E-state index in [2.05, 4.69) is 395 Å². The molecule has 0 heterocycles. The highest BCUT2D eigenvalue weighted by Crippen LogP contribution is 2.65. The molecule has 3 aliphatic carbocycles. The van der Waals surface area contributed by atoms with Gasteiger partial charge in [-0.05, 0) is 259 Å². The summed E-state index contributed by atoms with van der Waals surface area (Å²) < 4.78 is 6.89. The lowest BCUT2D eigenvalue weighted by Gasteiger charge is -2.35. The molecule has 0 N–H and O–H groups in total. The molecule has 0 aromatic heterocycles. The summed E-state index contributed by atoms with van der Waals surface area (Å²) in [5.74, 6) is 0. The first-order valence-corrected chi connectivity index (χ1v) is 47.1. The molecule has 13 rings (SSSR count). The summed E-state index contributed by atoms with van der Waals surface area (Å²) in [6.45, 7) is 25.8. The molecule has 0 saturated carbocycles. The largest absolute Gasteiger partial charge is 0.311 e. The van der Waals surface area contributed by atoms with Gasteiger partial charge in [0.05, 0.1) is 5.41 Å². The van der Waals surface area contributed by atoms with Crippen molar-refractivity contribution in [3.63, 3.8) is 0 Å². The van der Waals surface area contributed by atoms with Crippen LogP contribution in [0.2, 0.25) is 0 Å². The number of halogens is 6. The molecule has 3 aliphatic rings. The lowest BCUT2D eigenvalue weighted by molar-refractivity contribution is 0.395. The van der Waals surface area contributed by atoms with Gasteiger partial charge in [-0.15, -0.1) is 0 Å². The second-order valence-electron chi connectivity index (χ2n) is 33.7. The first kappa shape index (κ1) is 86.5. The molecular formula is C104H121Br6N. The van der Waals surface area contributed by atoms with Crippen molar-refractivity contribution in [2.75, 3.05) is 4.90 Å². The van der Waals surface area contributed by atoms with E-state index in [1.165, 1.54) is 246 Å². The Kier molecular flexibility index (Phi) is 31.1. The Morgan fingerprint density at radius 3 is 0.910 bits per heavy atom. The first-order valence-electron chi connectivity index (χ1n) is 42.3. The van der Waals surface area contributed by atoms with Crippen molar-refractivity contribution in [2.24, 2.45) is 0 Å². The van der Waals surface area contributed by atoms with Crippen LogP contribution in [0.1, 0.15) is 304 Å². The van der Waals surface area contributed by atoms with Crippen molar-refractivity contribution in [1.82, 2.24) is 0 Å². The average Bonchev–Trinajstić information content (AvgIpc) is 1.50. The number of hydrogen-bond donors (Lipinski definition) is 0. The molecule has 0 fully saturated rings. The topological polar surface area (TPSA) is 3.24 Å². The van der Waals surface area contributed by atoms with Gasteiger partial charge in [-0.25, -0.2) is 0 Å². The van der Waals surface area contributed by atoms with Gasteiger partial charge in [-0.3, -0.25) is 0 Å². The van der Waals surface area contributed by atoms with E-state index in [9.17, 15) is 0 Å². The van der Waals surface area contributed by atoms with Crippen LogP contribution in [0, 0.1) is 0 Å². The monoisotopic (exact) mass is 1860 g/mol. The van der Waals surface area contributed by atoms with Crippen molar-refractivity contribution in [2.45, 2.75) is 270 Å². The summed E-state index contributed by atoms with van der Waals surface area (Å²) in [6, 6.07) is 77.5. The maximum atomic E-state index is 3.92. The minimum atomic E-state index is -0.358. The normalized spacial score (nSPS) is 14.3. The van der Waals surface area contributed by atoms with Crippen molar-refractivity contribution in [3.8, 4) is 33.4 Å². The second kappa shape index (κ2) is 40.0. The first-order chi connectivity index (χ1) is 53.6. The van der Waals surface area contributed by atoms with Crippen LogP contribution in [0.3, 0.4) is 0 Å². The molecule has 10 aromatic rings. The predicted molar refractivity (Wildman–Crippen MR) is 506 cm³/mol. The molecule has 0 amide bonds. The Bertz CT molecular complexity index is 4510. The fraction of sp³-hybridized carbons (Fsp3) is 0.404. The number of unbranched alkanes of at least 4 members (excludes halogenated alkanes) is 16. The quantitative estimate of drug-likeness (QED) is 0.0293. The van der Waals surface area contributed by atoms with Crippen molar-refractivity contribution < 1.29 is 0 Å². The van der Waals surface area contributed by atoms with Gasteiger partial charge in [0, 0.05) is 49.3 Å². The molecule has 10 aromatic carbocycles.